The van der Waals surface area contributed by atoms with Gasteiger partial charge in [-0.15, -0.1) is 11.3 Å². The van der Waals surface area contributed by atoms with Crippen molar-refractivity contribution in [2.75, 3.05) is 4.72 Å². The minimum absolute atomic E-state index is 0.198. The van der Waals surface area contributed by atoms with Crippen LogP contribution in [0.5, 0.6) is 0 Å². The maximum Gasteiger partial charge on any atom is 0.347 e. The number of benzene rings is 1. The predicted octanol–water partition coefficient (Wildman–Crippen LogP) is 2.83. The summed E-state index contributed by atoms with van der Waals surface area (Å²) in [5.74, 6) is -3.70. The molecule has 0 fully saturated rings. The highest BCUT2D eigenvalue weighted by molar-refractivity contribution is 7.93. The molecule has 1 aromatic carbocycles. The topological polar surface area (TPSA) is 83.5 Å². The number of aromatic carboxylic acids is 1. The molecular weight excluding hydrogens is 324 g/mol. The Morgan fingerprint density at radius 3 is 2.52 bits per heavy atom. The smallest absolute Gasteiger partial charge is 0.347 e. The molecule has 0 saturated carbocycles. The van der Waals surface area contributed by atoms with Crippen molar-refractivity contribution in [1.29, 1.82) is 0 Å². The molecule has 9 heteroatoms. The number of carbonyl (C=O) groups is 1. The number of nitrogens with one attached hydrogen (secondary N) is 1. The van der Waals surface area contributed by atoms with E-state index in [1.807, 2.05) is 4.72 Å². The lowest BCUT2D eigenvalue weighted by Gasteiger charge is -2.09. The number of halogens is 2. The first-order valence-corrected chi connectivity index (χ1v) is 7.88. The van der Waals surface area contributed by atoms with Gasteiger partial charge in [-0.2, -0.15) is 0 Å². The highest BCUT2D eigenvalue weighted by Crippen LogP contribution is 2.28. The van der Waals surface area contributed by atoms with Crippen molar-refractivity contribution in [2.45, 2.75) is 11.8 Å². The SMILES string of the molecule is Cc1csc(C(=O)O)c1S(=O)(=O)Nc1ccc(F)c(F)c1. The van der Waals surface area contributed by atoms with E-state index in [9.17, 15) is 22.0 Å². The normalized spacial score (nSPS) is 11.4. The summed E-state index contributed by atoms with van der Waals surface area (Å²) in [4.78, 5) is 10.3. The Bertz CT molecular complexity index is 815. The van der Waals surface area contributed by atoms with Crippen molar-refractivity contribution in [2.24, 2.45) is 0 Å². The van der Waals surface area contributed by atoms with Crippen LogP contribution in [-0.4, -0.2) is 19.5 Å². The van der Waals surface area contributed by atoms with Gasteiger partial charge in [-0.1, -0.05) is 0 Å². The minimum atomic E-state index is -4.22. The lowest BCUT2D eigenvalue weighted by Crippen LogP contribution is -2.16. The lowest BCUT2D eigenvalue weighted by atomic mass is 10.3. The first kappa shape index (κ1) is 15.4. The molecule has 5 nitrogen and oxygen atoms in total. The second kappa shape index (κ2) is 5.41. The molecule has 112 valence electrons. The molecule has 2 aromatic rings. The summed E-state index contributed by atoms with van der Waals surface area (Å²) < 4.78 is 52.4. The fourth-order valence-electron chi connectivity index (χ4n) is 1.68. The van der Waals surface area contributed by atoms with E-state index < -0.39 is 27.6 Å². The maximum absolute atomic E-state index is 13.1. The zero-order valence-corrected chi connectivity index (χ0v) is 12.2. The number of carboxylic acid groups (broad SMARTS) is 1. The summed E-state index contributed by atoms with van der Waals surface area (Å²) in [5.41, 5.74) is 0.0586. The van der Waals surface area contributed by atoms with Crippen LogP contribution in [0.25, 0.3) is 0 Å². The zero-order valence-electron chi connectivity index (χ0n) is 10.6. The van der Waals surface area contributed by atoms with Gasteiger partial charge in [0, 0.05) is 6.07 Å². The fourth-order valence-corrected chi connectivity index (χ4v) is 4.36. The highest BCUT2D eigenvalue weighted by atomic mass is 32.2. The van der Waals surface area contributed by atoms with Gasteiger partial charge in [-0.25, -0.2) is 22.0 Å². The van der Waals surface area contributed by atoms with Crippen molar-refractivity contribution in [1.82, 2.24) is 0 Å². The van der Waals surface area contributed by atoms with Gasteiger partial charge in [-0.05, 0) is 30.0 Å². The number of aryl methyl sites for hydroxylation is 1. The molecule has 0 atom stereocenters. The largest absolute Gasteiger partial charge is 0.477 e. The molecule has 2 rings (SSSR count). The molecule has 1 aromatic heterocycles. The molecule has 21 heavy (non-hydrogen) atoms. The van der Waals surface area contributed by atoms with Crippen LogP contribution in [0.15, 0.2) is 28.5 Å². The van der Waals surface area contributed by atoms with Gasteiger partial charge in [0.15, 0.2) is 11.6 Å². The second-order valence-corrected chi connectivity index (χ2v) is 6.62. The molecule has 0 spiro atoms. The van der Waals surface area contributed by atoms with Gasteiger partial charge in [-0.3, -0.25) is 4.72 Å². The zero-order chi connectivity index (χ0) is 15.8. The molecule has 0 aliphatic carbocycles. The molecule has 0 amide bonds. The summed E-state index contributed by atoms with van der Waals surface area (Å²) >= 11 is 0.775. The average Bonchev–Trinajstić information content (AvgIpc) is 2.76. The highest BCUT2D eigenvalue weighted by Gasteiger charge is 2.27. The van der Waals surface area contributed by atoms with Crippen LogP contribution in [-0.2, 0) is 10.0 Å². The van der Waals surface area contributed by atoms with Crippen LogP contribution in [0.3, 0.4) is 0 Å². The van der Waals surface area contributed by atoms with Crippen LogP contribution in [0, 0.1) is 18.6 Å². The van der Waals surface area contributed by atoms with E-state index in [0.717, 1.165) is 23.5 Å². The van der Waals surface area contributed by atoms with Crippen LogP contribution >= 0.6 is 11.3 Å². The van der Waals surface area contributed by atoms with E-state index >= 15 is 0 Å². The van der Waals surface area contributed by atoms with E-state index in [4.69, 9.17) is 5.11 Å². The van der Waals surface area contributed by atoms with Gasteiger partial charge in [0.05, 0.1) is 5.69 Å². The second-order valence-electron chi connectivity index (χ2n) is 4.12. The van der Waals surface area contributed by atoms with Crippen molar-refractivity contribution in [3.8, 4) is 0 Å². The molecule has 0 unspecified atom stereocenters. The molecular formula is C12H9F2NO4S2. The third-order valence-corrected chi connectivity index (χ3v) is 5.34. The summed E-state index contributed by atoms with van der Waals surface area (Å²) in [6, 6.07) is 2.49. The van der Waals surface area contributed by atoms with E-state index in [2.05, 4.69) is 0 Å². The van der Waals surface area contributed by atoms with Crippen LogP contribution < -0.4 is 4.72 Å². The first-order valence-electron chi connectivity index (χ1n) is 5.51. The van der Waals surface area contributed by atoms with Crippen LogP contribution in [0.4, 0.5) is 14.5 Å². The van der Waals surface area contributed by atoms with E-state index in [0.29, 0.717) is 6.07 Å². The van der Waals surface area contributed by atoms with Gasteiger partial charge in [0.1, 0.15) is 9.77 Å². The Kier molecular flexibility index (Phi) is 3.97. The molecule has 0 saturated heterocycles. The summed E-state index contributed by atoms with van der Waals surface area (Å²) in [6.45, 7) is 1.45. The Balaban J connectivity index is 2.45. The third-order valence-electron chi connectivity index (χ3n) is 2.55. The molecule has 1 heterocycles. The fraction of sp³-hybridized carbons (Fsp3) is 0.0833. The maximum atomic E-state index is 13.1. The summed E-state index contributed by atoms with van der Waals surface area (Å²) in [5, 5.41) is 10.4. The standard InChI is InChI=1S/C12H9F2NO4S2/c1-6-5-20-10(12(16)17)11(6)21(18,19)15-7-2-3-8(13)9(14)4-7/h2-5,15H,1H3,(H,16,17). The van der Waals surface area contributed by atoms with Gasteiger partial charge in [0.25, 0.3) is 10.0 Å². The number of sulfonamides is 1. The quantitative estimate of drug-likeness (QED) is 0.901. The number of hydrogen-bond donors (Lipinski definition) is 2. The Labute approximate surface area is 122 Å². The van der Waals surface area contributed by atoms with E-state index in [1.165, 1.54) is 12.3 Å². The number of hydrogen-bond acceptors (Lipinski definition) is 4. The molecule has 0 aliphatic rings. The summed E-state index contributed by atoms with van der Waals surface area (Å²) in [6.07, 6.45) is 0. The third kappa shape index (κ3) is 3.03. The predicted molar refractivity (Wildman–Crippen MR) is 73.2 cm³/mol. The lowest BCUT2D eigenvalue weighted by molar-refractivity contribution is 0.0698. The molecule has 0 radical (unpaired) electrons. The van der Waals surface area contributed by atoms with Crippen molar-refractivity contribution in [3.63, 3.8) is 0 Å². The van der Waals surface area contributed by atoms with Crippen molar-refractivity contribution in [3.05, 3.63) is 45.7 Å². The van der Waals surface area contributed by atoms with Crippen LogP contribution in [0.2, 0.25) is 0 Å². The average molecular weight is 333 g/mol. The summed E-state index contributed by atoms with van der Waals surface area (Å²) in [7, 11) is -4.22. The van der Waals surface area contributed by atoms with Gasteiger partial charge < -0.3 is 5.11 Å². The van der Waals surface area contributed by atoms with Crippen LogP contribution in [0.1, 0.15) is 15.2 Å². The monoisotopic (exact) mass is 333 g/mol. The number of anilines is 1. The Hall–Kier alpha value is -2.00. The molecule has 0 bridgehead atoms. The van der Waals surface area contributed by atoms with Gasteiger partial charge >= 0.3 is 5.97 Å². The van der Waals surface area contributed by atoms with Crippen molar-refractivity contribution >= 4 is 33.0 Å². The first-order chi connectivity index (χ1) is 9.72. The number of thiophene rings is 1. The Morgan fingerprint density at radius 1 is 1.29 bits per heavy atom. The number of rotatable bonds is 4. The van der Waals surface area contributed by atoms with Crippen molar-refractivity contribution < 1.29 is 27.1 Å². The molecule has 0 aliphatic heterocycles. The van der Waals surface area contributed by atoms with Gasteiger partial charge in [0.2, 0.25) is 0 Å². The number of carboxylic acids is 1. The molecule has 2 N–H and O–H groups in total. The Morgan fingerprint density at radius 2 is 1.95 bits per heavy atom. The minimum Gasteiger partial charge on any atom is -0.477 e. The van der Waals surface area contributed by atoms with E-state index in [1.54, 1.807) is 0 Å². The van der Waals surface area contributed by atoms with E-state index in [-0.39, 0.29) is 21.0 Å².